The van der Waals surface area contributed by atoms with Gasteiger partial charge in [0.05, 0.1) is 16.1 Å². The third-order valence-corrected chi connectivity index (χ3v) is 3.81. The minimum atomic E-state index is -0.230. The number of halogens is 1. The molecule has 21 heavy (non-hydrogen) atoms. The number of anilines is 2. The maximum absolute atomic E-state index is 5.45. The quantitative estimate of drug-likeness (QED) is 0.820. The average Bonchev–Trinajstić information content (AvgIpc) is 3.21. The van der Waals surface area contributed by atoms with Crippen molar-refractivity contribution in [3.05, 3.63) is 35.3 Å². The SMILES string of the molecule is COC1CC1(CNc1ncc(Br)cn1)Nc1ncccn1. The molecule has 0 amide bonds. The van der Waals surface area contributed by atoms with Crippen LogP contribution in [0.4, 0.5) is 11.9 Å². The van der Waals surface area contributed by atoms with Crippen molar-refractivity contribution in [2.75, 3.05) is 24.3 Å². The summed E-state index contributed by atoms with van der Waals surface area (Å²) in [5, 5.41) is 6.56. The number of ether oxygens (including phenoxy) is 1. The van der Waals surface area contributed by atoms with Crippen molar-refractivity contribution in [2.24, 2.45) is 0 Å². The predicted molar refractivity (Wildman–Crippen MR) is 82.0 cm³/mol. The molecule has 3 rings (SSSR count). The Morgan fingerprint density at radius 2 is 1.95 bits per heavy atom. The maximum atomic E-state index is 5.45. The van der Waals surface area contributed by atoms with Gasteiger partial charge in [0.1, 0.15) is 0 Å². The van der Waals surface area contributed by atoms with E-state index < -0.39 is 0 Å². The van der Waals surface area contributed by atoms with Gasteiger partial charge in [0.25, 0.3) is 0 Å². The third-order valence-electron chi connectivity index (χ3n) is 3.40. The van der Waals surface area contributed by atoms with E-state index in [4.69, 9.17) is 4.74 Å². The van der Waals surface area contributed by atoms with Crippen molar-refractivity contribution in [3.8, 4) is 0 Å². The van der Waals surface area contributed by atoms with Gasteiger partial charge in [0, 0.05) is 44.9 Å². The summed E-state index contributed by atoms with van der Waals surface area (Å²) >= 11 is 3.31. The Labute approximate surface area is 130 Å². The van der Waals surface area contributed by atoms with E-state index in [1.165, 1.54) is 0 Å². The minimum Gasteiger partial charge on any atom is -0.379 e. The van der Waals surface area contributed by atoms with Crippen molar-refractivity contribution < 1.29 is 4.74 Å². The van der Waals surface area contributed by atoms with Gasteiger partial charge < -0.3 is 15.4 Å². The summed E-state index contributed by atoms with van der Waals surface area (Å²) in [6.07, 6.45) is 7.82. The van der Waals surface area contributed by atoms with Crippen LogP contribution in [-0.4, -0.2) is 45.2 Å². The van der Waals surface area contributed by atoms with Gasteiger partial charge in [-0.1, -0.05) is 0 Å². The first-order valence-electron chi connectivity index (χ1n) is 6.51. The lowest BCUT2D eigenvalue weighted by molar-refractivity contribution is 0.167. The summed E-state index contributed by atoms with van der Waals surface area (Å²) in [6.45, 7) is 0.630. The van der Waals surface area contributed by atoms with Crippen LogP contribution >= 0.6 is 15.9 Å². The highest BCUT2D eigenvalue weighted by molar-refractivity contribution is 9.10. The van der Waals surface area contributed by atoms with Crippen LogP contribution in [0.3, 0.4) is 0 Å². The molecule has 2 heterocycles. The zero-order valence-electron chi connectivity index (χ0n) is 11.5. The second-order valence-corrected chi connectivity index (χ2v) is 5.78. The van der Waals surface area contributed by atoms with Crippen molar-refractivity contribution in [2.45, 2.75) is 18.1 Å². The van der Waals surface area contributed by atoms with E-state index in [2.05, 4.69) is 46.5 Å². The van der Waals surface area contributed by atoms with Gasteiger partial charge in [0.15, 0.2) is 0 Å². The fourth-order valence-electron chi connectivity index (χ4n) is 2.17. The lowest BCUT2D eigenvalue weighted by Gasteiger charge is -2.19. The molecule has 0 spiro atoms. The first kappa shape index (κ1) is 14.2. The number of hydrogen-bond acceptors (Lipinski definition) is 7. The molecule has 2 aromatic heterocycles. The highest BCUT2D eigenvalue weighted by atomic mass is 79.9. The van der Waals surface area contributed by atoms with E-state index in [1.54, 1.807) is 38.0 Å². The van der Waals surface area contributed by atoms with Crippen molar-refractivity contribution in [3.63, 3.8) is 0 Å². The fraction of sp³-hybridized carbons (Fsp3) is 0.385. The molecule has 8 heteroatoms. The number of nitrogens with one attached hydrogen (secondary N) is 2. The van der Waals surface area contributed by atoms with Crippen LogP contribution in [0, 0.1) is 0 Å². The Balaban J connectivity index is 1.66. The van der Waals surface area contributed by atoms with Gasteiger partial charge in [-0.3, -0.25) is 0 Å². The molecule has 110 valence electrons. The van der Waals surface area contributed by atoms with E-state index >= 15 is 0 Å². The molecule has 2 aromatic rings. The molecular weight excluding hydrogens is 336 g/mol. The zero-order chi connectivity index (χ0) is 14.7. The molecule has 2 atom stereocenters. The first-order valence-corrected chi connectivity index (χ1v) is 7.30. The second kappa shape index (κ2) is 5.90. The Kier molecular flexibility index (Phi) is 3.98. The molecule has 0 bridgehead atoms. The Hall–Kier alpha value is -1.80. The molecule has 2 N–H and O–H groups in total. The molecule has 7 nitrogen and oxygen atoms in total. The molecule has 0 radical (unpaired) electrons. The van der Waals surface area contributed by atoms with Gasteiger partial charge in [-0.05, 0) is 22.0 Å². The van der Waals surface area contributed by atoms with E-state index in [0.717, 1.165) is 10.9 Å². The normalized spacial score (nSPS) is 23.6. The van der Waals surface area contributed by atoms with Crippen LogP contribution < -0.4 is 10.6 Å². The van der Waals surface area contributed by atoms with Crippen LogP contribution in [0.25, 0.3) is 0 Å². The number of methoxy groups -OCH3 is 1. The smallest absolute Gasteiger partial charge is 0.223 e. The Bertz CT molecular complexity index is 595. The summed E-state index contributed by atoms with van der Waals surface area (Å²) < 4.78 is 6.30. The molecule has 1 fully saturated rings. The van der Waals surface area contributed by atoms with E-state index in [0.29, 0.717) is 18.4 Å². The molecule has 0 aromatic carbocycles. The molecular formula is C13H15BrN6O. The standard InChI is InChI=1S/C13H15BrN6O/c1-21-10-5-13(10,20-12-15-3-2-4-16-12)8-19-11-17-6-9(14)7-18-11/h2-4,6-7,10H,5,8H2,1H3,(H,15,16,20)(H,17,18,19). The maximum Gasteiger partial charge on any atom is 0.223 e. The molecule has 1 aliphatic carbocycles. The first-order chi connectivity index (χ1) is 10.2. The van der Waals surface area contributed by atoms with Crippen LogP contribution in [0.1, 0.15) is 6.42 Å². The Morgan fingerprint density at radius 1 is 1.24 bits per heavy atom. The lowest BCUT2D eigenvalue weighted by atomic mass is 10.2. The fourth-order valence-corrected chi connectivity index (χ4v) is 2.37. The van der Waals surface area contributed by atoms with Crippen LogP contribution in [0.2, 0.25) is 0 Å². The number of hydrogen-bond donors (Lipinski definition) is 2. The topological polar surface area (TPSA) is 84.9 Å². The summed E-state index contributed by atoms with van der Waals surface area (Å²) in [5.41, 5.74) is -0.230. The summed E-state index contributed by atoms with van der Waals surface area (Å²) in [6, 6.07) is 1.78. The van der Waals surface area contributed by atoms with Crippen LogP contribution in [-0.2, 0) is 4.74 Å². The van der Waals surface area contributed by atoms with E-state index in [9.17, 15) is 0 Å². The van der Waals surface area contributed by atoms with Crippen LogP contribution in [0.5, 0.6) is 0 Å². The molecule has 1 aliphatic rings. The second-order valence-electron chi connectivity index (χ2n) is 4.86. The number of aromatic nitrogens is 4. The Morgan fingerprint density at radius 3 is 2.57 bits per heavy atom. The van der Waals surface area contributed by atoms with Crippen LogP contribution in [0.15, 0.2) is 35.3 Å². The summed E-state index contributed by atoms with van der Waals surface area (Å²) in [5.74, 6) is 1.17. The third kappa shape index (κ3) is 3.27. The lowest BCUT2D eigenvalue weighted by Crippen LogP contribution is -2.36. The van der Waals surface area contributed by atoms with Crippen molar-refractivity contribution in [1.29, 1.82) is 0 Å². The highest BCUT2D eigenvalue weighted by Crippen LogP contribution is 2.41. The minimum absolute atomic E-state index is 0.115. The molecule has 2 unspecified atom stereocenters. The van der Waals surface area contributed by atoms with E-state index in [1.807, 2.05) is 0 Å². The monoisotopic (exact) mass is 350 g/mol. The van der Waals surface area contributed by atoms with Crippen molar-refractivity contribution >= 4 is 27.8 Å². The van der Waals surface area contributed by atoms with Gasteiger partial charge in [-0.2, -0.15) is 0 Å². The molecule has 1 saturated carbocycles. The number of nitrogens with zero attached hydrogens (tertiary/aromatic N) is 4. The predicted octanol–water partition coefficient (Wildman–Crippen LogP) is 1.71. The molecule has 0 aliphatic heterocycles. The van der Waals surface area contributed by atoms with E-state index in [-0.39, 0.29) is 11.6 Å². The number of rotatable bonds is 6. The van der Waals surface area contributed by atoms with Gasteiger partial charge in [0.2, 0.25) is 11.9 Å². The van der Waals surface area contributed by atoms with Crippen molar-refractivity contribution in [1.82, 2.24) is 19.9 Å². The average molecular weight is 351 g/mol. The van der Waals surface area contributed by atoms with Gasteiger partial charge >= 0.3 is 0 Å². The largest absolute Gasteiger partial charge is 0.379 e. The zero-order valence-corrected chi connectivity index (χ0v) is 13.0. The van der Waals surface area contributed by atoms with Gasteiger partial charge in [-0.25, -0.2) is 19.9 Å². The van der Waals surface area contributed by atoms with Gasteiger partial charge in [-0.15, -0.1) is 0 Å². The summed E-state index contributed by atoms with van der Waals surface area (Å²) in [7, 11) is 1.70. The highest BCUT2D eigenvalue weighted by Gasteiger charge is 2.55. The summed E-state index contributed by atoms with van der Waals surface area (Å²) in [4.78, 5) is 16.8. The molecule has 0 saturated heterocycles.